The number of likely N-dealkylation sites (N-methyl/N-ethyl adjacent to an activating group) is 1. The fourth-order valence-corrected chi connectivity index (χ4v) is 2.60. The van der Waals surface area contributed by atoms with Gasteiger partial charge in [0.05, 0.1) is 14.2 Å². The van der Waals surface area contributed by atoms with Crippen molar-refractivity contribution in [2.45, 2.75) is 32.9 Å². The zero-order valence-corrected chi connectivity index (χ0v) is 14.4. The molecule has 1 N–H and O–H groups in total. The predicted octanol–water partition coefficient (Wildman–Crippen LogP) is 2.94. The van der Waals surface area contributed by atoms with Gasteiger partial charge in [0.15, 0.2) is 0 Å². The van der Waals surface area contributed by atoms with Gasteiger partial charge in [0.1, 0.15) is 11.5 Å². The normalized spacial score (nSPS) is 14.3. The van der Waals surface area contributed by atoms with Crippen molar-refractivity contribution < 1.29 is 9.47 Å². The summed E-state index contributed by atoms with van der Waals surface area (Å²) in [6.45, 7) is 7.62. The third-order valence-corrected chi connectivity index (χ3v) is 3.97. The molecule has 0 heterocycles. The van der Waals surface area contributed by atoms with Gasteiger partial charge in [0, 0.05) is 30.3 Å². The average molecular weight is 294 g/mol. The Morgan fingerprint density at radius 2 is 1.76 bits per heavy atom. The van der Waals surface area contributed by atoms with Crippen molar-refractivity contribution in [2.75, 3.05) is 34.9 Å². The van der Waals surface area contributed by atoms with E-state index in [0.29, 0.717) is 12.0 Å². The van der Waals surface area contributed by atoms with Gasteiger partial charge in [-0.1, -0.05) is 19.9 Å². The maximum atomic E-state index is 5.48. The number of benzene rings is 1. The molecule has 4 nitrogen and oxygen atoms in total. The lowest BCUT2D eigenvalue weighted by Gasteiger charge is -2.30. The summed E-state index contributed by atoms with van der Waals surface area (Å²) < 4.78 is 10.7. The molecule has 0 saturated heterocycles. The van der Waals surface area contributed by atoms with Crippen molar-refractivity contribution in [1.82, 2.24) is 10.2 Å². The summed E-state index contributed by atoms with van der Waals surface area (Å²) in [5.41, 5.74) is 1.15. The smallest absolute Gasteiger partial charge is 0.127 e. The highest BCUT2D eigenvalue weighted by Gasteiger charge is 2.18. The third kappa shape index (κ3) is 4.90. The van der Waals surface area contributed by atoms with Crippen LogP contribution in [0.3, 0.4) is 0 Å². The number of nitrogens with one attached hydrogen (secondary N) is 1. The standard InChI is InChI=1S/C17H30N2O2/c1-12(2)16(19(4)5)11-18-13(3)15-9-8-14(20-6)10-17(15)21-7/h8-10,12-13,16,18H,11H2,1-7H3. The maximum absolute atomic E-state index is 5.48. The highest BCUT2D eigenvalue weighted by molar-refractivity contribution is 5.42. The third-order valence-electron chi connectivity index (χ3n) is 3.97. The number of hydrogen-bond donors (Lipinski definition) is 1. The molecule has 1 rings (SSSR count). The van der Waals surface area contributed by atoms with Gasteiger partial charge < -0.3 is 19.7 Å². The predicted molar refractivity (Wildman–Crippen MR) is 88.3 cm³/mol. The largest absolute Gasteiger partial charge is 0.497 e. The number of rotatable bonds is 8. The monoisotopic (exact) mass is 294 g/mol. The topological polar surface area (TPSA) is 33.7 Å². The van der Waals surface area contributed by atoms with Crippen LogP contribution in [0.2, 0.25) is 0 Å². The molecule has 21 heavy (non-hydrogen) atoms. The first-order valence-electron chi connectivity index (χ1n) is 7.52. The summed E-state index contributed by atoms with van der Waals surface area (Å²) >= 11 is 0. The quantitative estimate of drug-likeness (QED) is 0.799. The summed E-state index contributed by atoms with van der Waals surface area (Å²) in [7, 11) is 7.62. The minimum Gasteiger partial charge on any atom is -0.497 e. The summed E-state index contributed by atoms with van der Waals surface area (Å²) in [6, 6.07) is 6.71. The molecule has 4 heteroatoms. The lowest BCUT2D eigenvalue weighted by Crippen LogP contribution is -2.42. The first kappa shape index (κ1) is 17.8. The molecular weight excluding hydrogens is 264 g/mol. The van der Waals surface area contributed by atoms with E-state index >= 15 is 0 Å². The van der Waals surface area contributed by atoms with Gasteiger partial charge in [0.2, 0.25) is 0 Å². The number of ether oxygens (including phenoxy) is 2. The molecule has 0 amide bonds. The Bertz CT molecular complexity index is 425. The van der Waals surface area contributed by atoms with Crippen LogP contribution in [0.4, 0.5) is 0 Å². The minimum atomic E-state index is 0.229. The van der Waals surface area contributed by atoms with Gasteiger partial charge in [-0.05, 0) is 33.0 Å². The van der Waals surface area contributed by atoms with Gasteiger partial charge in [-0.2, -0.15) is 0 Å². The molecule has 0 aliphatic carbocycles. The molecule has 0 aliphatic heterocycles. The highest BCUT2D eigenvalue weighted by atomic mass is 16.5. The Morgan fingerprint density at radius 1 is 1.10 bits per heavy atom. The summed E-state index contributed by atoms with van der Waals surface area (Å²) in [5, 5.41) is 3.61. The fourth-order valence-electron chi connectivity index (χ4n) is 2.60. The molecule has 0 radical (unpaired) electrons. The number of nitrogens with zero attached hydrogens (tertiary/aromatic N) is 1. The van der Waals surface area contributed by atoms with Gasteiger partial charge >= 0.3 is 0 Å². The molecular formula is C17H30N2O2. The Morgan fingerprint density at radius 3 is 2.24 bits per heavy atom. The summed E-state index contributed by atoms with van der Waals surface area (Å²) in [4.78, 5) is 2.27. The second-order valence-corrected chi connectivity index (χ2v) is 6.01. The SMILES string of the molecule is COc1ccc(C(C)NCC(C(C)C)N(C)C)c(OC)c1. The molecule has 0 aromatic heterocycles. The minimum absolute atomic E-state index is 0.229. The van der Waals surface area contributed by atoms with E-state index in [2.05, 4.69) is 51.1 Å². The highest BCUT2D eigenvalue weighted by Crippen LogP contribution is 2.29. The van der Waals surface area contributed by atoms with E-state index in [1.54, 1.807) is 14.2 Å². The van der Waals surface area contributed by atoms with Crippen molar-refractivity contribution in [2.24, 2.45) is 5.92 Å². The molecule has 2 atom stereocenters. The van der Waals surface area contributed by atoms with E-state index in [-0.39, 0.29) is 6.04 Å². The van der Waals surface area contributed by atoms with Crippen LogP contribution in [-0.2, 0) is 0 Å². The van der Waals surface area contributed by atoms with E-state index < -0.39 is 0 Å². The van der Waals surface area contributed by atoms with E-state index in [1.807, 2.05) is 12.1 Å². The zero-order chi connectivity index (χ0) is 16.0. The molecule has 0 spiro atoms. The van der Waals surface area contributed by atoms with Crippen molar-refractivity contribution in [1.29, 1.82) is 0 Å². The number of methoxy groups -OCH3 is 2. The molecule has 1 aromatic rings. The molecule has 0 saturated carbocycles. The number of hydrogen-bond acceptors (Lipinski definition) is 4. The van der Waals surface area contributed by atoms with Crippen LogP contribution in [-0.4, -0.2) is 45.8 Å². The molecule has 0 bridgehead atoms. The average Bonchev–Trinajstić information content (AvgIpc) is 2.45. The molecule has 2 unspecified atom stereocenters. The maximum Gasteiger partial charge on any atom is 0.127 e. The van der Waals surface area contributed by atoms with E-state index in [0.717, 1.165) is 23.6 Å². The van der Waals surface area contributed by atoms with Gasteiger partial charge in [-0.3, -0.25) is 0 Å². The Kier molecular flexibility index (Phi) is 6.99. The van der Waals surface area contributed by atoms with Crippen molar-refractivity contribution >= 4 is 0 Å². The van der Waals surface area contributed by atoms with E-state index in [1.165, 1.54) is 0 Å². The lowest BCUT2D eigenvalue weighted by atomic mass is 10.0. The lowest BCUT2D eigenvalue weighted by molar-refractivity contribution is 0.219. The van der Waals surface area contributed by atoms with Gasteiger partial charge in [-0.15, -0.1) is 0 Å². The fraction of sp³-hybridized carbons (Fsp3) is 0.647. The van der Waals surface area contributed by atoms with E-state index in [9.17, 15) is 0 Å². The molecule has 120 valence electrons. The zero-order valence-electron chi connectivity index (χ0n) is 14.4. The Balaban J connectivity index is 2.77. The van der Waals surface area contributed by atoms with Crippen LogP contribution in [0.15, 0.2) is 18.2 Å². The van der Waals surface area contributed by atoms with E-state index in [4.69, 9.17) is 9.47 Å². The van der Waals surface area contributed by atoms with Crippen molar-refractivity contribution in [3.63, 3.8) is 0 Å². The first-order chi connectivity index (χ1) is 9.90. The second-order valence-electron chi connectivity index (χ2n) is 6.01. The van der Waals surface area contributed by atoms with Crippen molar-refractivity contribution in [3.05, 3.63) is 23.8 Å². The van der Waals surface area contributed by atoms with Crippen molar-refractivity contribution in [3.8, 4) is 11.5 Å². The van der Waals surface area contributed by atoms with Crippen LogP contribution in [0.5, 0.6) is 11.5 Å². The second kappa shape index (κ2) is 8.25. The van der Waals surface area contributed by atoms with Crippen LogP contribution in [0.1, 0.15) is 32.4 Å². The van der Waals surface area contributed by atoms with Crippen LogP contribution >= 0.6 is 0 Å². The van der Waals surface area contributed by atoms with Gasteiger partial charge in [0.25, 0.3) is 0 Å². The molecule has 0 aliphatic rings. The molecule has 0 fully saturated rings. The van der Waals surface area contributed by atoms with Crippen LogP contribution in [0.25, 0.3) is 0 Å². The van der Waals surface area contributed by atoms with Crippen LogP contribution in [0, 0.1) is 5.92 Å². The Hall–Kier alpha value is -1.26. The summed E-state index contributed by atoms with van der Waals surface area (Å²) in [6.07, 6.45) is 0. The van der Waals surface area contributed by atoms with Gasteiger partial charge in [-0.25, -0.2) is 0 Å². The molecule has 1 aromatic carbocycles. The van der Waals surface area contributed by atoms with Crippen LogP contribution < -0.4 is 14.8 Å². The Labute approximate surface area is 129 Å². The first-order valence-corrected chi connectivity index (χ1v) is 7.52. The summed E-state index contributed by atoms with van der Waals surface area (Å²) in [5.74, 6) is 2.29.